The van der Waals surface area contributed by atoms with Crippen LogP contribution >= 0.6 is 0 Å². The average molecular weight is 329 g/mol. The second-order valence-electron chi connectivity index (χ2n) is 4.88. The van der Waals surface area contributed by atoms with Crippen molar-refractivity contribution < 1.29 is 33.0 Å². The second kappa shape index (κ2) is 8.21. The number of carbonyl (C=O) groups is 3. The molecule has 0 aromatic heterocycles. The Morgan fingerprint density at radius 1 is 1.26 bits per heavy atom. The van der Waals surface area contributed by atoms with Gasteiger partial charge in [-0.2, -0.15) is 0 Å². The summed E-state index contributed by atoms with van der Waals surface area (Å²) in [6.45, 7) is 3.24. The minimum atomic E-state index is -1.37. The van der Waals surface area contributed by atoms with Gasteiger partial charge in [0.05, 0.1) is 12.5 Å². The second-order valence-corrected chi connectivity index (χ2v) is 4.88. The van der Waals surface area contributed by atoms with Crippen LogP contribution in [0.5, 0.6) is 0 Å². The van der Waals surface area contributed by atoms with Crippen molar-refractivity contribution in [1.29, 1.82) is 0 Å². The molecule has 1 aromatic carbocycles. The number of hydrogen-bond acceptors (Lipinski definition) is 4. The first-order valence-corrected chi connectivity index (χ1v) is 6.91. The number of hydrogen-bond donors (Lipinski definition) is 2. The summed E-state index contributed by atoms with van der Waals surface area (Å²) in [5.74, 6) is -5.90. The van der Waals surface area contributed by atoms with Crippen molar-refractivity contribution in [3.63, 3.8) is 0 Å². The SMILES string of the molecule is CCOC(=O)[C@@H](C)C[C@H](NC(=O)c1ccc(F)c(F)c1)C(=O)O. The zero-order chi connectivity index (χ0) is 17.6. The van der Waals surface area contributed by atoms with Gasteiger partial charge in [-0.15, -0.1) is 0 Å². The van der Waals surface area contributed by atoms with Gasteiger partial charge in [0.25, 0.3) is 5.91 Å². The number of ether oxygens (including phenoxy) is 1. The highest BCUT2D eigenvalue weighted by Gasteiger charge is 2.27. The van der Waals surface area contributed by atoms with Crippen LogP contribution in [0, 0.1) is 17.6 Å². The lowest BCUT2D eigenvalue weighted by molar-refractivity contribution is -0.148. The van der Waals surface area contributed by atoms with Gasteiger partial charge in [-0.3, -0.25) is 9.59 Å². The number of rotatable bonds is 7. The summed E-state index contributed by atoms with van der Waals surface area (Å²) in [6.07, 6.45) is -0.191. The molecule has 0 radical (unpaired) electrons. The van der Waals surface area contributed by atoms with E-state index in [1.807, 2.05) is 0 Å². The van der Waals surface area contributed by atoms with Crippen LogP contribution in [0.15, 0.2) is 18.2 Å². The molecule has 2 atom stereocenters. The molecule has 8 heteroatoms. The summed E-state index contributed by atoms with van der Waals surface area (Å²) >= 11 is 0. The van der Waals surface area contributed by atoms with Gasteiger partial charge in [-0.25, -0.2) is 13.6 Å². The summed E-state index contributed by atoms with van der Waals surface area (Å²) < 4.78 is 30.7. The summed E-state index contributed by atoms with van der Waals surface area (Å²) in [5, 5.41) is 11.3. The van der Waals surface area contributed by atoms with Crippen LogP contribution in [0.25, 0.3) is 0 Å². The van der Waals surface area contributed by atoms with Gasteiger partial charge in [-0.05, 0) is 31.5 Å². The quantitative estimate of drug-likeness (QED) is 0.743. The number of carboxylic acid groups (broad SMARTS) is 1. The number of amides is 1. The Hall–Kier alpha value is -2.51. The van der Waals surface area contributed by atoms with Crippen LogP contribution in [0.4, 0.5) is 8.78 Å². The number of esters is 1. The molecule has 126 valence electrons. The maximum Gasteiger partial charge on any atom is 0.326 e. The fourth-order valence-corrected chi connectivity index (χ4v) is 1.83. The molecule has 0 unspecified atom stereocenters. The third kappa shape index (κ3) is 5.32. The first-order valence-electron chi connectivity index (χ1n) is 6.91. The minimum absolute atomic E-state index is 0.155. The maximum absolute atomic E-state index is 13.1. The van der Waals surface area contributed by atoms with E-state index in [9.17, 15) is 23.2 Å². The number of halogens is 2. The third-order valence-electron chi connectivity index (χ3n) is 3.06. The molecule has 23 heavy (non-hydrogen) atoms. The van der Waals surface area contributed by atoms with Gasteiger partial charge >= 0.3 is 11.9 Å². The normalized spacial score (nSPS) is 13.0. The largest absolute Gasteiger partial charge is 0.480 e. The van der Waals surface area contributed by atoms with E-state index in [0.717, 1.165) is 12.1 Å². The van der Waals surface area contributed by atoms with Gasteiger partial charge < -0.3 is 15.2 Å². The van der Waals surface area contributed by atoms with E-state index in [-0.39, 0.29) is 18.6 Å². The van der Waals surface area contributed by atoms with E-state index >= 15 is 0 Å². The monoisotopic (exact) mass is 329 g/mol. The molecule has 2 N–H and O–H groups in total. The van der Waals surface area contributed by atoms with Crippen LogP contribution in [0.2, 0.25) is 0 Å². The Morgan fingerprint density at radius 3 is 2.43 bits per heavy atom. The lowest BCUT2D eigenvalue weighted by Gasteiger charge is -2.18. The van der Waals surface area contributed by atoms with Crippen LogP contribution in [-0.4, -0.2) is 35.6 Å². The minimum Gasteiger partial charge on any atom is -0.480 e. The van der Waals surface area contributed by atoms with Gasteiger partial charge in [-0.1, -0.05) is 6.92 Å². The van der Waals surface area contributed by atoms with Crippen molar-refractivity contribution >= 4 is 17.8 Å². The van der Waals surface area contributed by atoms with E-state index in [1.54, 1.807) is 6.92 Å². The van der Waals surface area contributed by atoms with E-state index in [4.69, 9.17) is 9.84 Å². The maximum atomic E-state index is 13.1. The lowest BCUT2D eigenvalue weighted by atomic mass is 10.0. The lowest BCUT2D eigenvalue weighted by Crippen LogP contribution is -2.42. The highest BCUT2D eigenvalue weighted by Crippen LogP contribution is 2.12. The fraction of sp³-hybridized carbons (Fsp3) is 0.400. The molecule has 0 aliphatic rings. The molecule has 1 aromatic rings. The Morgan fingerprint density at radius 2 is 1.91 bits per heavy atom. The molecule has 6 nitrogen and oxygen atoms in total. The molecule has 0 spiro atoms. The molecule has 0 saturated heterocycles. The summed E-state index contributed by atoms with van der Waals surface area (Å²) in [4.78, 5) is 34.6. The van der Waals surface area contributed by atoms with Crippen molar-refractivity contribution in [3.8, 4) is 0 Å². The average Bonchev–Trinajstić information content (AvgIpc) is 2.49. The van der Waals surface area contributed by atoms with E-state index in [2.05, 4.69) is 5.32 Å². The number of carboxylic acids is 1. The van der Waals surface area contributed by atoms with Crippen LogP contribution < -0.4 is 5.32 Å². The first-order chi connectivity index (χ1) is 10.8. The van der Waals surface area contributed by atoms with E-state index in [1.165, 1.54) is 6.92 Å². The first kappa shape index (κ1) is 18.5. The van der Waals surface area contributed by atoms with Crippen molar-refractivity contribution in [2.75, 3.05) is 6.61 Å². The Kier molecular flexibility index (Phi) is 6.62. The van der Waals surface area contributed by atoms with Crippen LogP contribution in [0.3, 0.4) is 0 Å². The molecular weight excluding hydrogens is 312 g/mol. The molecule has 1 amide bonds. The fourth-order valence-electron chi connectivity index (χ4n) is 1.83. The molecular formula is C15H17F2NO5. The van der Waals surface area contributed by atoms with Gasteiger partial charge in [0.1, 0.15) is 6.04 Å². The molecule has 0 saturated carbocycles. The van der Waals surface area contributed by atoms with E-state index < -0.39 is 41.4 Å². The van der Waals surface area contributed by atoms with Crippen LogP contribution in [0.1, 0.15) is 30.6 Å². The molecule has 0 heterocycles. The summed E-state index contributed by atoms with van der Waals surface area (Å²) in [6, 6.07) is 1.09. The third-order valence-corrected chi connectivity index (χ3v) is 3.06. The van der Waals surface area contributed by atoms with Crippen molar-refractivity contribution in [2.45, 2.75) is 26.3 Å². The summed E-state index contributed by atoms with van der Waals surface area (Å²) in [7, 11) is 0. The molecule has 0 bridgehead atoms. The van der Waals surface area contributed by atoms with Crippen molar-refractivity contribution in [1.82, 2.24) is 5.32 Å². The van der Waals surface area contributed by atoms with Crippen LogP contribution in [-0.2, 0) is 14.3 Å². The molecule has 0 fully saturated rings. The van der Waals surface area contributed by atoms with Crippen molar-refractivity contribution in [2.24, 2.45) is 5.92 Å². The smallest absolute Gasteiger partial charge is 0.326 e. The topological polar surface area (TPSA) is 92.7 Å². The highest BCUT2D eigenvalue weighted by molar-refractivity contribution is 5.96. The summed E-state index contributed by atoms with van der Waals surface area (Å²) in [5.41, 5.74) is -0.223. The van der Waals surface area contributed by atoms with Gasteiger partial charge in [0.2, 0.25) is 0 Å². The van der Waals surface area contributed by atoms with Gasteiger partial charge in [0, 0.05) is 5.56 Å². The standard InChI is InChI=1S/C15H17F2NO5/c1-3-23-15(22)8(2)6-12(14(20)21)18-13(19)9-4-5-10(16)11(17)7-9/h4-5,7-8,12H,3,6H2,1-2H3,(H,18,19)(H,20,21)/t8-,12-/m0/s1. The van der Waals surface area contributed by atoms with Gasteiger partial charge in [0.15, 0.2) is 11.6 Å². The van der Waals surface area contributed by atoms with Crippen molar-refractivity contribution in [3.05, 3.63) is 35.4 Å². The zero-order valence-corrected chi connectivity index (χ0v) is 12.6. The van der Waals surface area contributed by atoms with E-state index in [0.29, 0.717) is 6.07 Å². The Labute approximate surface area is 131 Å². The molecule has 0 aliphatic carbocycles. The Balaban J connectivity index is 2.79. The number of aliphatic carboxylic acids is 1. The number of benzene rings is 1. The highest BCUT2D eigenvalue weighted by atomic mass is 19.2. The zero-order valence-electron chi connectivity index (χ0n) is 12.6. The molecule has 1 rings (SSSR count). The predicted molar refractivity (Wildman–Crippen MR) is 75.7 cm³/mol. The Bertz CT molecular complexity index is 606. The molecule has 0 aliphatic heterocycles. The number of carbonyl (C=O) groups excluding carboxylic acids is 2. The predicted octanol–water partition coefficient (Wildman–Crippen LogP) is 1.74. The number of nitrogens with one attached hydrogen (secondary N) is 1.